The van der Waals surface area contributed by atoms with Crippen molar-refractivity contribution in [3.8, 4) is 0 Å². The number of fused-ring (bicyclic) bond motifs is 1. The van der Waals surface area contributed by atoms with Gasteiger partial charge in [0.1, 0.15) is 12.1 Å². The van der Waals surface area contributed by atoms with Gasteiger partial charge in [-0.3, -0.25) is 0 Å². The molecule has 6 heteroatoms. The summed E-state index contributed by atoms with van der Waals surface area (Å²) in [6.07, 6.45) is 1.47. The van der Waals surface area contributed by atoms with Crippen molar-refractivity contribution in [3.63, 3.8) is 0 Å². The highest BCUT2D eigenvalue weighted by Gasteiger charge is 2.13. The summed E-state index contributed by atoms with van der Waals surface area (Å²) in [6, 6.07) is 12.5. The Morgan fingerprint density at radius 1 is 1.00 bits per heavy atom. The van der Waals surface area contributed by atoms with Crippen molar-refractivity contribution >= 4 is 39.9 Å². The number of halogens is 2. The van der Waals surface area contributed by atoms with Gasteiger partial charge in [-0.15, -0.1) is 0 Å². The Balaban J connectivity index is 1.95. The molecule has 0 fully saturated rings. The molecule has 0 aliphatic carbocycles. The molecule has 0 spiro atoms. The zero-order valence-corrected chi connectivity index (χ0v) is 13.0. The lowest BCUT2D eigenvalue weighted by atomic mass is 10.1. The fourth-order valence-corrected chi connectivity index (χ4v) is 2.53. The van der Waals surface area contributed by atoms with E-state index >= 15 is 0 Å². The number of aliphatic hydroxyl groups is 1. The Labute approximate surface area is 137 Å². The van der Waals surface area contributed by atoms with E-state index in [1.54, 1.807) is 24.3 Å². The van der Waals surface area contributed by atoms with E-state index in [1.165, 1.54) is 6.33 Å². The highest BCUT2D eigenvalue weighted by molar-refractivity contribution is 6.31. The van der Waals surface area contributed by atoms with Crippen LogP contribution >= 0.6 is 23.2 Å². The van der Waals surface area contributed by atoms with Crippen LogP contribution in [0.25, 0.3) is 10.9 Å². The van der Waals surface area contributed by atoms with Gasteiger partial charge in [-0.05, 0) is 35.9 Å². The van der Waals surface area contributed by atoms with Crippen LogP contribution in [0.3, 0.4) is 0 Å². The molecule has 22 heavy (non-hydrogen) atoms. The van der Waals surface area contributed by atoms with Gasteiger partial charge in [-0.25, -0.2) is 9.97 Å². The third kappa shape index (κ3) is 3.14. The van der Waals surface area contributed by atoms with Crippen LogP contribution in [0.2, 0.25) is 10.0 Å². The number of benzene rings is 2. The lowest BCUT2D eigenvalue weighted by Crippen LogP contribution is -2.16. The lowest BCUT2D eigenvalue weighted by Gasteiger charge is -2.18. The van der Waals surface area contributed by atoms with E-state index in [-0.39, 0.29) is 12.6 Å². The molecule has 1 aromatic heterocycles. The van der Waals surface area contributed by atoms with Crippen molar-refractivity contribution in [3.05, 3.63) is 64.4 Å². The van der Waals surface area contributed by atoms with E-state index in [4.69, 9.17) is 23.2 Å². The molecule has 3 rings (SSSR count). The summed E-state index contributed by atoms with van der Waals surface area (Å²) in [5, 5.41) is 15.0. The minimum atomic E-state index is -0.286. The van der Waals surface area contributed by atoms with Gasteiger partial charge in [0.15, 0.2) is 0 Å². The van der Waals surface area contributed by atoms with Crippen LogP contribution in [0.1, 0.15) is 11.6 Å². The van der Waals surface area contributed by atoms with Crippen LogP contribution < -0.4 is 5.32 Å². The van der Waals surface area contributed by atoms with Gasteiger partial charge in [0, 0.05) is 15.4 Å². The van der Waals surface area contributed by atoms with Gasteiger partial charge in [0.2, 0.25) is 0 Å². The molecule has 0 aliphatic rings. The van der Waals surface area contributed by atoms with Crippen molar-refractivity contribution in [1.29, 1.82) is 0 Å². The molecule has 4 nitrogen and oxygen atoms in total. The van der Waals surface area contributed by atoms with Crippen LogP contribution in [-0.4, -0.2) is 21.7 Å². The number of hydrogen-bond donors (Lipinski definition) is 2. The molecule has 0 radical (unpaired) electrons. The van der Waals surface area contributed by atoms with E-state index in [2.05, 4.69) is 15.3 Å². The van der Waals surface area contributed by atoms with Gasteiger partial charge in [-0.1, -0.05) is 35.3 Å². The maximum Gasteiger partial charge on any atom is 0.137 e. The first-order chi connectivity index (χ1) is 10.7. The molecule has 0 aliphatic heterocycles. The molecule has 0 saturated carbocycles. The molecular weight excluding hydrogens is 321 g/mol. The van der Waals surface area contributed by atoms with Crippen molar-refractivity contribution in [2.75, 3.05) is 11.9 Å². The van der Waals surface area contributed by atoms with Gasteiger partial charge in [-0.2, -0.15) is 0 Å². The standard InChI is InChI=1S/C16H13Cl2N3O/c17-11-3-1-10(2-4-11)15(8-22)21-16-13-6-5-12(18)7-14(13)19-9-20-16/h1-7,9,15,22H,8H2,(H,19,20,21). The zero-order chi connectivity index (χ0) is 15.5. The molecular formula is C16H13Cl2N3O. The Morgan fingerprint density at radius 2 is 1.73 bits per heavy atom. The summed E-state index contributed by atoms with van der Waals surface area (Å²) >= 11 is 11.9. The molecule has 1 heterocycles. The Bertz CT molecular complexity index is 793. The van der Waals surface area contributed by atoms with Gasteiger partial charge in [0.05, 0.1) is 18.2 Å². The maximum atomic E-state index is 9.67. The number of rotatable bonds is 4. The number of aromatic nitrogens is 2. The molecule has 2 aromatic carbocycles. The van der Waals surface area contributed by atoms with E-state index in [1.807, 2.05) is 18.2 Å². The number of nitrogens with zero attached hydrogens (tertiary/aromatic N) is 2. The largest absolute Gasteiger partial charge is 0.394 e. The Morgan fingerprint density at radius 3 is 2.45 bits per heavy atom. The molecule has 0 saturated heterocycles. The van der Waals surface area contributed by atoms with Gasteiger partial charge >= 0.3 is 0 Å². The quantitative estimate of drug-likeness (QED) is 0.755. The first kappa shape index (κ1) is 15.0. The average molecular weight is 334 g/mol. The molecule has 112 valence electrons. The number of nitrogens with one attached hydrogen (secondary N) is 1. The summed E-state index contributed by atoms with van der Waals surface area (Å²) in [5.74, 6) is 0.649. The van der Waals surface area contributed by atoms with Crippen LogP contribution in [0.4, 0.5) is 5.82 Å². The van der Waals surface area contributed by atoms with Crippen molar-refractivity contribution in [2.45, 2.75) is 6.04 Å². The molecule has 0 amide bonds. The highest BCUT2D eigenvalue weighted by Crippen LogP contribution is 2.26. The van der Waals surface area contributed by atoms with E-state index in [0.717, 1.165) is 16.5 Å². The second-order valence-corrected chi connectivity index (χ2v) is 5.69. The molecule has 1 unspecified atom stereocenters. The maximum absolute atomic E-state index is 9.67. The van der Waals surface area contributed by atoms with Crippen LogP contribution in [0.5, 0.6) is 0 Å². The second kappa shape index (κ2) is 6.48. The molecule has 1 atom stereocenters. The predicted octanol–water partition coefficient (Wildman–Crippen LogP) is 4.08. The first-order valence-electron chi connectivity index (χ1n) is 6.70. The van der Waals surface area contributed by atoms with E-state index in [0.29, 0.717) is 15.9 Å². The van der Waals surface area contributed by atoms with Crippen molar-refractivity contribution in [1.82, 2.24) is 9.97 Å². The fraction of sp³-hybridized carbons (Fsp3) is 0.125. The SMILES string of the molecule is OCC(Nc1ncnc2cc(Cl)ccc12)c1ccc(Cl)cc1. The highest BCUT2D eigenvalue weighted by atomic mass is 35.5. The normalized spacial score (nSPS) is 12.3. The van der Waals surface area contributed by atoms with Gasteiger partial charge < -0.3 is 10.4 Å². The number of anilines is 1. The fourth-order valence-electron chi connectivity index (χ4n) is 2.24. The summed E-state index contributed by atoms with van der Waals surface area (Å²) in [6.45, 7) is -0.0687. The summed E-state index contributed by atoms with van der Waals surface area (Å²) in [7, 11) is 0. The summed E-state index contributed by atoms with van der Waals surface area (Å²) in [4.78, 5) is 8.47. The van der Waals surface area contributed by atoms with E-state index in [9.17, 15) is 5.11 Å². The minimum Gasteiger partial charge on any atom is -0.394 e. The molecule has 0 bridgehead atoms. The Hall–Kier alpha value is -1.88. The molecule has 2 N–H and O–H groups in total. The third-order valence-corrected chi connectivity index (χ3v) is 3.85. The van der Waals surface area contributed by atoms with Crippen molar-refractivity contribution in [2.24, 2.45) is 0 Å². The number of hydrogen-bond acceptors (Lipinski definition) is 4. The van der Waals surface area contributed by atoms with Crippen molar-refractivity contribution < 1.29 is 5.11 Å². The minimum absolute atomic E-state index is 0.0687. The molecule has 3 aromatic rings. The van der Waals surface area contributed by atoms with Crippen LogP contribution in [-0.2, 0) is 0 Å². The monoisotopic (exact) mass is 333 g/mol. The predicted molar refractivity (Wildman–Crippen MR) is 89.4 cm³/mol. The number of aliphatic hydroxyl groups excluding tert-OH is 1. The Kier molecular flexibility index (Phi) is 4.43. The van der Waals surface area contributed by atoms with E-state index < -0.39 is 0 Å². The van der Waals surface area contributed by atoms with Gasteiger partial charge in [0.25, 0.3) is 0 Å². The lowest BCUT2D eigenvalue weighted by molar-refractivity contribution is 0.276. The smallest absolute Gasteiger partial charge is 0.137 e. The zero-order valence-electron chi connectivity index (χ0n) is 11.5. The first-order valence-corrected chi connectivity index (χ1v) is 7.46. The average Bonchev–Trinajstić information content (AvgIpc) is 2.53. The second-order valence-electron chi connectivity index (χ2n) is 4.81. The summed E-state index contributed by atoms with van der Waals surface area (Å²) in [5.41, 5.74) is 1.67. The topological polar surface area (TPSA) is 58.0 Å². The third-order valence-electron chi connectivity index (χ3n) is 3.36. The van der Waals surface area contributed by atoms with Crippen LogP contribution in [0, 0.1) is 0 Å². The summed E-state index contributed by atoms with van der Waals surface area (Å²) < 4.78 is 0. The van der Waals surface area contributed by atoms with Crippen LogP contribution in [0.15, 0.2) is 48.8 Å².